The van der Waals surface area contributed by atoms with Crippen LogP contribution in [0.25, 0.3) is 55.7 Å². The second-order valence-electron chi connectivity index (χ2n) is 8.90. The van der Waals surface area contributed by atoms with Gasteiger partial charge in [-0.25, -0.2) is 9.97 Å². The van der Waals surface area contributed by atoms with Crippen LogP contribution in [0.3, 0.4) is 0 Å². The molecule has 0 spiro atoms. The molecule has 0 N–H and O–H groups in total. The van der Waals surface area contributed by atoms with E-state index in [0.717, 1.165) is 44.4 Å². The van der Waals surface area contributed by atoms with Crippen molar-refractivity contribution in [1.29, 1.82) is 0 Å². The Morgan fingerprint density at radius 2 is 1.67 bits per heavy atom. The average Bonchev–Trinajstić information content (AvgIpc) is 3.65. The Morgan fingerprint density at radius 1 is 0.769 bits per heavy atom. The van der Waals surface area contributed by atoms with Gasteiger partial charge < -0.3 is 18.7 Å². The van der Waals surface area contributed by atoms with Crippen molar-refractivity contribution in [1.82, 2.24) is 23.9 Å². The molecule has 0 atom stereocenters. The zero-order chi connectivity index (χ0) is 25.1. The van der Waals surface area contributed by atoms with E-state index >= 15 is 0 Å². The van der Waals surface area contributed by atoms with Crippen molar-refractivity contribution in [3.8, 4) is 28.6 Å². The summed E-state index contributed by atoms with van der Waals surface area (Å²) in [6.07, 6.45) is 6.95. The number of oxazole rings is 1. The molecule has 3 aromatic carbocycles. The van der Waals surface area contributed by atoms with Crippen molar-refractivity contribution in [2.45, 2.75) is 0 Å². The molecule has 0 saturated carbocycles. The maximum absolute atomic E-state index is 6.24. The summed E-state index contributed by atoms with van der Waals surface area (Å²) in [5.41, 5.74) is 5.85. The number of aromatic nitrogens is 5. The number of nitrogens with zero attached hydrogens (tertiary/aromatic N) is 5. The molecular formula is C31H17N5O2Pt. The summed E-state index contributed by atoms with van der Waals surface area (Å²) in [4.78, 5) is 13.4. The van der Waals surface area contributed by atoms with E-state index in [2.05, 4.69) is 44.9 Å². The van der Waals surface area contributed by atoms with Gasteiger partial charge in [-0.15, -0.1) is 41.3 Å². The SMILES string of the molecule is [Pt+2].[c-]1c(Oc2[c-]c3c(cc2)c2ccccc2n3-c2cc3c(cn2)oc2cncn23)cccc1-c1ccccn1. The first-order chi connectivity index (χ1) is 18.8. The van der Waals surface area contributed by atoms with E-state index in [1.165, 1.54) is 0 Å². The molecule has 0 radical (unpaired) electrons. The summed E-state index contributed by atoms with van der Waals surface area (Å²) < 4.78 is 16.1. The fourth-order valence-electron chi connectivity index (χ4n) is 4.93. The van der Waals surface area contributed by atoms with Crippen molar-refractivity contribution in [3.63, 3.8) is 0 Å². The van der Waals surface area contributed by atoms with Crippen LogP contribution in [0.15, 0.2) is 108 Å². The molecule has 0 aliphatic heterocycles. The normalized spacial score (nSPS) is 11.4. The quantitative estimate of drug-likeness (QED) is 0.186. The predicted octanol–water partition coefficient (Wildman–Crippen LogP) is 7.02. The molecule has 5 aromatic heterocycles. The Hall–Kier alpha value is -4.74. The topological polar surface area (TPSA) is 70.4 Å². The van der Waals surface area contributed by atoms with E-state index in [-0.39, 0.29) is 21.1 Å². The van der Waals surface area contributed by atoms with Crippen LogP contribution in [0.1, 0.15) is 0 Å². The van der Waals surface area contributed by atoms with Gasteiger partial charge in [0.05, 0.1) is 17.9 Å². The molecule has 5 heterocycles. The van der Waals surface area contributed by atoms with Gasteiger partial charge in [0.2, 0.25) is 5.71 Å². The van der Waals surface area contributed by atoms with Crippen molar-refractivity contribution < 1.29 is 30.2 Å². The monoisotopic (exact) mass is 686 g/mol. The Morgan fingerprint density at radius 3 is 2.59 bits per heavy atom. The smallest absolute Gasteiger partial charge is 0.503 e. The number of hydrogen-bond acceptors (Lipinski definition) is 5. The van der Waals surface area contributed by atoms with E-state index in [4.69, 9.17) is 14.1 Å². The van der Waals surface area contributed by atoms with E-state index in [1.54, 1.807) is 24.9 Å². The second kappa shape index (κ2) is 9.22. The van der Waals surface area contributed by atoms with Gasteiger partial charge in [0.1, 0.15) is 12.1 Å². The van der Waals surface area contributed by atoms with Crippen LogP contribution in [0.4, 0.5) is 0 Å². The largest absolute Gasteiger partial charge is 2.00 e. The molecule has 39 heavy (non-hydrogen) atoms. The van der Waals surface area contributed by atoms with E-state index in [9.17, 15) is 0 Å². The number of para-hydroxylation sites is 1. The zero-order valence-electron chi connectivity index (χ0n) is 20.2. The fraction of sp³-hybridized carbons (Fsp3) is 0. The Bertz CT molecular complexity index is 2130. The third-order valence-electron chi connectivity index (χ3n) is 6.63. The standard InChI is InChI=1S/C31H17N5O2.Pt/c1-2-10-26-23(8-1)24-12-11-22(37-21-7-5-6-20(14-21)25-9-3-4-13-33-25)15-27(24)36(26)30-16-28-29(17-34-30)38-31-18-32-19-35(28)31;/h1-13,16-19H;/q-2;+2. The minimum Gasteiger partial charge on any atom is -0.503 e. The van der Waals surface area contributed by atoms with Gasteiger partial charge in [-0.1, -0.05) is 41.9 Å². The molecular weight excluding hydrogens is 669 g/mol. The number of benzene rings is 3. The van der Waals surface area contributed by atoms with Gasteiger partial charge in [0, 0.05) is 29.3 Å². The van der Waals surface area contributed by atoms with Crippen LogP contribution < -0.4 is 4.74 Å². The molecule has 0 aliphatic rings. The van der Waals surface area contributed by atoms with Crippen molar-refractivity contribution >= 4 is 38.6 Å². The van der Waals surface area contributed by atoms with Crippen molar-refractivity contribution in [2.24, 2.45) is 0 Å². The first-order valence-electron chi connectivity index (χ1n) is 12.1. The van der Waals surface area contributed by atoms with Crippen LogP contribution in [-0.4, -0.2) is 23.9 Å². The number of pyridine rings is 2. The first kappa shape index (κ1) is 23.4. The second-order valence-corrected chi connectivity index (χ2v) is 8.90. The molecule has 8 heteroatoms. The van der Waals surface area contributed by atoms with Crippen LogP contribution in [0.2, 0.25) is 0 Å². The minimum atomic E-state index is 0. The third-order valence-corrected chi connectivity index (χ3v) is 6.63. The average molecular weight is 687 g/mol. The van der Waals surface area contributed by atoms with Crippen LogP contribution in [0, 0.1) is 12.1 Å². The molecule has 188 valence electrons. The molecule has 8 rings (SSSR count). The van der Waals surface area contributed by atoms with Crippen molar-refractivity contribution in [2.75, 3.05) is 0 Å². The van der Waals surface area contributed by atoms with Crippen LogP contribution in [0.5, 0.6) is 11.5 Å². The fourth-order valence-corrected chi connectivity index (χ4v) is 4.93. The number of rotatable bonds is 4. The predicted molar refractivity (Wildman–Crippen MR) is 145 cm³/mol. The first-order valence-corrected chi connectivity index (χ1v) is 12.1. The molecule has 0 saturated heterocycles. The maximum atomic E-state index is 6.24. The number of fused-ring (bicyclic) bond motifs is 6. The van der Waals surface area contributed by atoms with Crippen molar-refractivity contribution in [3.05, 3.63) is 116 Å². The summed E-state index contributed by atoms with van der Waals surface area (Å²) in [5.74, 6) is 1.92. The van der Waals surface area contributed by atoms with Gasteiger partial charge in [-0.3, -0.25) is 4.40 Å². The molecule has 0 unspecified atom stereocenters. The molecule has 0 aliphatic carbocycles. The molecule has 0 amide bonds. The Balaban J connectivity index is 0.00000253. The van der Waals surface area contributed by atoms with Gasteiger partial charge in [-0.05, 0) is 23.2 Å². The number of hydrogen-bond donors (Lipinski definition) is 0. The minimum absolute atomic E-state index is 0. The van der Waals surface area contributed by atoms with Crippen LogP contribution in [-0.2, 0) is 21.1 Å². The van der Waals surface area contributed by atoms with E-state index < -0.39 is 0 Å². The van der Waals surface area contributed by atoms with Gasteiger partial charge in [0.15, 0.2) is 5.58 Å². The number of imidazole rings is 1. The maximum Gasteiger partial charge on any atom is 2.00 e. The molecule has 7 nitrogen and oxygen atoms in total. The Labute approximate surface area is 236 Å². The van der Waals surface area contributed by atoms with Gasteiger partial charge in [-0.2, -0.15) is 6.07 Å². The summed E-state index contributed by atoms with van der Waals surface area (Å²) in [5, 5.41) is 2.16. The molecule has 0 fully saturated rings. The summed E-state index contributed by atoms with van der Waals surface area (Å²) >= 11 is 0. The summed E-state index contributed by atoms with van der Waals surface area (Å²) in [6.45, 7) is 0. The Kier molecular flexibility index (Phi) is 5.53. The van der Waals surface area contributed by atoms with Gasteiger partial charge >= 0.3 is 21.1 Å². The third kappa shape index (κ3) is 3.82. The summed E-state index contributed by atoms with van der Waals surface area (Å²) in [7, 11) is 0. The van der Waals surface area contributed by atoms with E-state index in [0.29, 0.717) is 22.8 Å². The van der Waals surface area contributed by atoms with Gasteiger partial charge in [0.25, 0.3) is 0 Å². The van der Waals surface area contributed by atoms with Crippen LogP contribution >= 0.6 is 0 Å². The molecule has 8 aromatic rings. The zero-order valence-corrected chi connectivity index (χ0v) is 22.5. The van der Waals surface area contributed by atoms with E-state index in [1.807, 2.05) is 65.1 Å². The molecule has 0 bridgehead atoms. The summed E-state index contributed by atoms with van der Waals surface area (Å²) in [6, 6.07) is 32.6. The number of ether oxygens (including phenoxy) is 1.